The maximum Gasteiger partial charge on any atom is 0.191 e. The highest BCUT2D eigenvalue weighted by molar-refractivity contribution is 5.79. The predicted octanol–water partition coefficient (Wildman–Crippen LogP) is 3.10. The van der Waals surface area contributed by atoms with E-state index in [0.717, 1.165) is 45.1 Å². The van der Waals surface area contributed by atoms with Crippen molar-refractivity contribution in [1.29, 1.82) is 0 Å². The van der Waals surface area contributed by atoms with E-state index in [-0.39, 0.29) is 5.60 Å². The Kier molecular flexibility index (Phi) is 11.1. The third-order valence-corrected chi connectivity index (χ3v) is 4.71. The molecule has 0 aromatic carbocycles. The van der Waals surface area contributed by atoms with Gasteiger partial charge in [0.15, 0.2) is 5.96 Å². The van der Waals surface area contributed by atoms with Gasteiger partial charge < -0.3 is 20.1 Å². The second-order valence-corrected chi connectivity index (χ2v) is 6.47. The highest BCUT2D eigenvalue weighted by Crippen LogP contribution is 2.23. The summed E-state index contributed by atoms with van der Waals surface area (Å²) in [5, 5.41) is 6.81. The number of methoxy groups -OCH3 is 1. The van der Waals surface area contributed by atoms with Crippen LogP contribution in [0.2, 0.25) is 0 Å². The molecular formula is C18H37N3O2. The Morgan fingerprint density at radius 1 is 1.04 bits per heavy atom. The lowest BCUT2D eigenvalue weighted by Gasteiger charge is -2.36. The van der Waals surface area contributed by atoms with Gasteiger partial charge >= 0.3 is 0 Å². The number of unbranched alkanes of at least 4 members (excludes halogenated alkanes) is 6. The number of nitrogens with zero attached hydrogens (tertiary/aromatic N) is 1. The molecule has 1 fully saturated rings. The van der Waals surface area contributed by atoms with Crippen LogP contribution in [0.25, 0.3) is 0 Å². The van der Waals surface area contributed by atoms with Gasteiger partial charge in [0, 0.05) is 53.3 Å². The van der Waals surface area contributed by atoms with E-state index in [1.165, 1.54) is 44.9 Å². The molecule has 2 N–H and O–H groups in total. The summed E-state index contributed by atoms with van der Waals surface area (Å²) in [6, 6.07) is 0. The van der Waals surface area contributed by atoms with Crippen molar-refractivity contribution in [3.63, 3.8) is 0 Å². The minimum atomic E-state index is -0.116. The number of rotatable bonds is 11. The van der Waals surface area contributed by atoms with E-state index < -0.39 is 0 Å². The van der Waals surface area contributed by atoms with Crippen LogP contribution in [0.3, 0.4) is 0 Å². The van der Waals surface area contributed by atoms with Gasteiger partial charge in [-0.05, 0) is 6.42 Å². The number of ether oxygens (including phenoxy) is 2. The number of hydrogen-bond donors (Lipinski definition) is 2. The Hall–Kier alpha value is -0.810. The molecule has 0 radical (unpaired) electrons. The fourth-order valence-electron chi connectivity index (χ4n) is 2.95. The van der Waals surface area contributed by atoms with E-state index in [1.54, 1.807) is 7.11 Å². The highest BCUT2D eigenvalue weighted by Gasteiger charge is 2.32. The molecule has 1 aliphatic heterocycles. The van der Waals surface area contributed by atoms with Gasteiger partial charge in [-0.15, -0.1) is 0 Å². The van der Waals surface area contributed by atoms with E-state index >= 15 is 0 Å². The number of guanidine groups is 1. The van der Waals surface area contributed by atoms with Crippen LogP contribution in [0.1, 0.15) is 64.7 Å². The molecule has 5 nitrogen and oxygen atoms in total. The Bertz CT molecular complexity index is 315. The van der Waals surface area contributed by atoms with Gasteiger partial charge in [-0.3, -0.25) is 4.99 Å². The van der Waals surface area contributed by atoms with Crippen molar-refractivity contribution in [2.45, 2.75) is 70.3 Å². The van der Waals surface area contributed by atoms with Crippen LogP contribution < -0.4 is 10.6 Å². The van der Waals surface area contributed by atoms with Crippen LogP contribution in [0, 0.1) is 0 Å². The van der Waals surface area contributed by atoms with Crippen LogP contribution in [0.15, 0.2) is 4.99 Å². The summed E-state index contributed by atoms with van der Waals surface area (Å²) >= 11 is 0. The second kappa shape index (κ2) is 12.6. The standard InChI is InChI=1S/C18H37N3O2/c1-4-5-6-7-8-9-10-13-20-17(19-2)21-16-18(22-3)11-14-23-15-12-18/h4-16H2,1-3H3,(H2,19,20,21). The molecule has 0 bridgehead atoms. The summed E-state index contributed by atoms with van der Waals surface area (Å²) in [7, 11) is 3.62. The first-order chi connectivity index (χ1) is 11.3. The van der Waals surface area contributed by atoms with Crippen molar-refractivity contribution in [2.24, 2.45) is 4.99 Å². The molecule has 0 atom stereocenters. The molecule has 0 unspecified atom stereocenters. The molecule has 23 heavy (non-hydrogen) atoms. The first-order valence-electron chi connectivity index (χ1n) is 9.34. The highest BCUT2D eigenvalue weighted by atomic mass is 16.5. The average Bonchev–Trinajstić information content (AvgIpc) is 2.60. The average molecular weight is 328 g/mol. The van der Waals surface area contributed by atoms with Crippen molar-refractivity contribution in [1.82, 2.24) is 10.6 Å². The quantitative estimate of drug-likeness (QED) is 0.348. The minimum absolute atomic E-state index is 0.116. The topological polar surface area (TPSA) is 54.9 Å². The Morgan fingerprint density at radius 3 is 2.30 bits per heavy atom. The molecule has 5 heteroatoms. The third-order valence-electron chi connectivity index (χ3n) is 4.71. The Morgan fingerprint density at radius 2 is 1.70 bits per heavy atom. The summed E-state index contributed by atoms with van der Waals surface area (Å²) in [5.41, 5.74) is -0.116. The zero-order valence-corrected chi connectivity index (χ0v) is 15.5. The molecule has 1 rings (SSSR count). The maximum absolute atomic E-state index is 5.74. The summed E-state index contributed by atoms with van der Waals surface area (Å²) in [6.07, 6.45) is 11.2. The summed E-state index contributed by atoms with van der Waals surface area (Å²) in [4.78, 5) is 4.30. The molecule has 0 saturated carbocycles. The van der Waals surface area contributed by atoms with Gasteiger partial charge in [0.2, 0.25) is 0 Å². The van der Waals surface area contributed by atoms with Gasteiger partial charge in [-0.1, -0.05) is 45.4 Å². The first kappa shape index (κ1) is 20.2. The van der Waals surface area contributed by atoms with Crippen molar-refractivity contribution < 1.29 is 9.47 Å². The molecule has 136 valence electrons. The van der Waals surface area contributed by atoms with Gasteiger partial charge in [0.1, 0.15) is 0 Å². The molecule has 0 aromatic heterocycles. The van der Waals surface area contributed by atoms with Gasteiger partial charge in [-0.2, -0.15) is 0 Å². The molecule has 0 aromatic rings. The van der Waals surface area contributed by atoms with Crippen LogP contribution in [0.5, 0.6) is 0 Å². The molecular weight excluding hydrogens is 290 g/mol. The lowest BCUT2D eigenvalue weighted by molar-refractivity contribution is -0.0855. The van der Waals surface area contributed by atoms with Crippen molar-refractivity contribution in [3.05, 3.63) is 0 Å². The van der Waals surface area contributed by atoms with E-state index in [9.17, 15) is 0 Å². The molecule has 0 amide bonds. The third kappa shape index (κ3) is 8.56. The van der Waals surface area contributed by atoms with Crippen molar-refractivity contribution >= 4 is 5.96 Å². The van der Waals surface area contributed by atoms with Crippen LogP contribution in [0.4, 0.5) is 0 Å². The predicted molar refractivity (Wildman–Crippen MR) is 97.2 cm³/mol. The Balaban J connectivity index is 2.12. The molecule has 0 spiro atoms. The number of aliphatic imine (C=N–C) groups is 1. The van der Waals surface area contributed by atoms with E-state index in [2.05, 4.69) is 22.5 Å². The van der Waals surface area contributed by atoms with Gasteiger partial charge in [0.05, 0.1) is 5.60 Å². The summed E-state index contributed by atoms with van der Waals surface area (Å²) in [6.45, 7) is 5.58. The van der Waals surface area contributed by atoms with Crippen molar-refractivity contribution in [3.8, 4) is 0 Å². The Labute approximate surface area is 142 Å². The van der Waals surface area contributed by atoms with Crippen LogP contribution in [-0.2, 0) is 9.47 Å². The normalized spacial score (nSPS) is 18.0. The number of nitrogens with one attached hydrogen (secondary N) is 2. The smallest absolute Gasteiger partial charge is 0.191 e. The SMILES string of the molecule is CCCCCCCCCNC(=NC)NCC1(OC)CCOCC1. The zero-order valence-electron chi connectivity index (χ0n) is 15.5. The monoisotopic (exact) mass is 327 g/mol. The number of hydrogen-bond acceptors (Lipinski definition) is 3. The minimum Gasteiger partial charge on any atom is -0.381 e. The fraction of sp³-hybridized carbons (Fsp3) is 0.944. The van der Waals surface area contributed by atoms with Gasteiger partial charge in [0.25, 0.3) is 0 Å². The van der Waals surface area contributed by atoms with E-state index in [4.69, 9.17) is 9.47 Å². The van der Waals surface area contributed by atoms with Crippen LogP contribution in [-0.4, -0.2) is 52.0 Å². The maximum atomic E-state index is 5.74. The van der Waals surface area contributed by atoms with Crippen LogP contribution >= 0.6 is 0 Å². The lowest BCUT2D eigenvalue weighted by Crippen LogP contribution is -2.50. The largest absolute Gasteiger partial charge is 0.381 e. The molecule has 0 aliphatic carbocycles. The molecule has 1 heterocycles. The van der Waals surface area contributed by atoms with E-state index in [0.29, 0.717) is 0 Å². The van der Waals surface area contributed by atoms with Crippen molar-refractivity contribution in [2.75, 3.05) is 40.5 Å². The summed E-state index contributed by atoms with van der Waals surface area (Å²) in [5.74, 6) is 0.874. The molecule has 1 saturated heterocycles. The summed E-state index contributed by atoms with van der Waals surface area (Å²) < 4.78 is 11.2. The fourth-order valence-corrected chi connectivity index (χ4v) is 2.95. The van der Waals surface area contributed by atoms with E-state index in [1.807, 2.05) is 7.05 Å². The second-order valence-electron chi connectivity index (χ2n) is 6.47. The van der Waals surface area contributed by atoms with Gasteiger partial charge in [-0.25, -0.2) is 0 Å². The molecule has 1 aliphatic rings. The lowest BCUT2D eigenvalue weighted by atomic mass is 9.94. The zero-order chi connectivity index (χ0) is 16.8. The first-order valence-corrected chi connectivity index (χ1v) is 9.34.